The topological polar surface area (TPSA) is 114 Å². The minimum atomic E-state index is -0.715. The molecule has 0 unspecified atom stereocenters. The van der Waals surface area contributed by atoms with Gasteiger partial charge in [-0.15, -0.1) is 0 Å². The number of nitrogens with two attached hydrogens (primary N) is 1. The number of amides is 3. The molecule has 0 aromatic heterocycles. The second-order valence-electron chi connectivity index (χ2n) is 13.2. The highest BCUT2D eigenvalue weighted by Gasteiger charge is 2.33. The number of rotatable bonds is 8. The molecule has 2 aromatic rings. The molecule has 9 nitrogen and oxygen atoms in total. The molecule has 238 valence electrons. The molecular formula is C34H48FN5O4+2. The van der Waals surface area contributed by atoms with Gasteiger partial charge in [-0.2, -0.15) is 0 Å². The summed E-state index contributed by atoms with van der Waals surface area (Å²) in [5.41, 5.74) is 5.44. The molecule has 2 saturated heterocycles. The highest BCUT2D eigenvalue weighted by Crippen LogP contribution is 2.39. The number of anilines is 1. The molecule has 10 heteroatoms. The highest BCUT2D eigenvalue weighted by molar-refractivity contribution is 6.00. The van der Waals surface area contributed by atoms with Crippen molar-refractivity contribution in [3.05, 3.63) is 58.9 Å². The van der Waals surface area contributed by atoms with E-state index in [1.54, 1.807) is 36.8 Å². The Morgan fingerprint density at radius 3 is 2.23 bits per heavy atom. The Labute approximate surface area is 259 Å². The van der Waals surface area contributed by atoms with Crippen LogP contribution in [-0.2, 0) is 4.79 Å². The smallest absolute Gasteiger partial charge is 0.254 e. The third kappa shape index (κ3) is 7.07. The molecule has 1 atom stereocenters. The Morgan fingerprint density at radius 1 is 0.955 bits per heavy atom. The number of hydrogen-bond acceptors (Lipinski definition) is 4. The average Bonchev–Trinajstić information content (AvgIpc) is 3.57. The molecule has 0 radical (unpaired) electrons. The van der Waals surface area contributed by atoms with Crippen LogP contribution < -0.4 is 20.7 Å². The van der Waals surface area contributed by atoms with Crippen molar-refractivity contribution in [3.8, 4) is 5.75 Å². The van der Waals surface area contributed by atoms with E-state index in [0.717, 1.165) is 43.7 Å². The van der Waals surface area contributed by atoms with Crippen molar-refractivity contribution in [1.29, 1.82) is 0 Å². The van der Waals surface area contributed by atoms with Gasteiger partial charge in [-0.25, -0.2) is 4.39 Å². The van der Waals surface area contributed by atoms with Crippen molar-refractivity contribution < 1.29 is 34.6 Å². The highest BCUT2D eigenvalue weighted by atomic mass is 19.1. The van der Waals surface area contributed by atoms with Gasteiger partial charge < -0.3 is 30.5 Å². The molecule has 2 heterocycles. The summed E-state index contributed by atoms with van der Waals surface area (Å²) in [6.45, 7) is 7.48. The number of piperazine rings is 1. The second-order valence-corrected chi connectivity index (χ2v) is 13.2. The van der Waals surface area contributed by atoms with Crippen LogP contribution in [0.2, 0.25) is 0 Å². The lowest BCUT2D eigenvalue weighted by atomic mass is 9.83. The lowest BCUT2D eigenvalue weighted by molar-refractivity contribution is -0.638. The number of quaternary nitrogens is 2. The SMILES string of the molecule is CN(C(=O)C(C)(C)C[NH3+])c1cc(F)cc(C(=O)N2CCN(C(=O)c3ccc(O[C@H]4CC[NH2+]C4)c(C4CCCCC4)c3)CC2)c1. The molecule has 2 aromatic carbocycles. The van der Waals surface area contributed by atoms with Crippen molar-refractivity contribution >= 4 is 23.4 Å². The monoisotopic (exact) mass is 609 g/mol. The van der Waals surface area contributed by atoms with Gasteiger partial charge in [-0.05, 0) is 74.6 Å². The predicted octanol–water partition coefficient (Wildman–Crippen LogP) is 2.42. The summed E-state index contributed by atoms with van der Waals surface area (Å²) < 4.78 is 21.1. The van der Waals surface area contributed by atoms with Crippen molar-refractivity contribution in [2.24, 2.45) is 5.41 Å². The van der Waals surface area contributed by atoms with Gasteiger partial charge in [0, 0.05) is 56.5 Å². The van der Waals surface area contributed by atoms with Crippen molar-refractivity contribution in [2.45, 2.75) is 64.4 Å². The van der Waals surface area contributed by atoms with E-state index in [1.807, 2.05) is 18.2 Å². The van der Waals surface area contributed by atoms with Crippen LogP contribution in [0.4, 0.5) is 10.1 Å². The van der Waals surface area contributed by atoms with E-state index in [1.165, 1.54) is 36.3 Å². The Morgan fingerprint density at radius 2 is 1.61 bits per heavy atom. The molecule has 3 aliphatic rings. The second kappa shape index (κ2) is 13.6. The van der Waals surface area contributed by atoms with Crippen LogP contribution in [0, 0.1) is 11.2 Å². The first-order valence-corrected chi connectivity index (χ1v) is 16.2. The molecule has 5 N–H and O–H groups in total. The molecule has 0 spiro atoms. The zero-order valence-corrected chi connectivity index (χ0v) is 26.4. The van der Waals surface area contributed by atoms with E-state index < -0.39 is 11.2 Å². The van der Waals surface area contributed by atoms with Gasteiger partial charge in [0.1, 0.15) is 18.1 Å². The standard InChI is InChI=1S/C34H46FN5O4/c1-34(2,22-36)33(43)38(3)27-18-25(17-26(35)20-27)32(42)40-15-13-39(14-16-40)31(41)24-9-10-30(44-28-11-12-37-21-28)29(19-24)23-7-5-4-6-8-23/h9-10,17-20,23,28,37H,4-8,11-16,21-22,36H2,1-3H3/p+2/t28-/m0/s1. The Balaban J connectivity index is 1.26. The van der Waals surface area contributed by atoms with Crippen LogP contribution in [0.15, 0.2) is 36.4 Å². The summed E-state index contributed by atoms with van der Waals surface area (Å²) in [5, 5.41) is 2.28. The summed E-state index contributed by atoms with van der Waals surface area (Å²) in [4.78, 5) is 44.8. The fraction of sp³-hybridized carbons (Fsp3) is 0.559. The predicted molar refractivity (Wildman–Crippen MR) is 166 cm³/mol. The molecule has 0 bridgehead atoms. The van der Waals surface area contributed by atoms with Gasteiger partial charge in [0.05, 0.1) is 18.5 Å². The Hall–Kier alpha value is -3.50. The first-order chi connectivity index (χ1) is 21.1. The summed E-state index contributed by atoms with van der Waals surface area (Å²) in [5.74, 6) is 0.171. The maximum absolute atomic E-state index is 14.6. The molecule has 44 heavy (non-hydrogen) atoms. The van der Waals surface area contributed by atoms with E-state index in [2.05, 4.69) is 11.1 Å². The largest absolute Gasteiger partial charge is 0.484 e. The van der Waals surface area contributed by atoms with Gasteiger partial charge in [-0.1, -0.05) is 19.3 Å². The zero-order chi connectivity index (χ0) is 31.4. The first-order valence-electron chi connectivity index (χ1n) is 16.2. The number of carbonyl (C=O) groups is 3. The molecule has 2 aliphatic heterocycles. The lowest BCUT2D eigenvalue weighted by Crippen LogP contribution is -2.81. The van der Waals surface area contributed by atoms with Crippen molar-refractivity contribution in [2.75, 3.05) is 57.8 Å². The average molecular weight is 610 g/mol. The minimum absolute atomic E-state index is 0.0453. The van der Waals surface area contributed by atoms with Crippen LogP contribution in [0.3, 0.4) is 0 Å². The normalized spacial score (nSPS) is 19.6. The van der Waals surface area contributed by atoms with Crippen LogP contribution in [0.25, 0.3) is 0 Å². The number of ether oxygens (including phenoxy) is 1. The van der Waals surface area contributed by atoms with E-state index in [4.69, 9.17) is 4.74 Å². The van der Waals surface area contributed by atoms with Crippen LogP contribution >= 0.6 is 0 Å². The van der Waals surface area contributed by atoms with E-state index in [9.17, 15) is 18.8 Å². The minimum Gasteiger partial charge on any atom is -0.484 e. The van der Waals surface area contributed by atoms with Gasteiger partial charge in [0.15, 0.2) is 6.10 Å². The fourth-order valence-corrected chi connectivity index (χ4v) is 6.58. The van der Waals surface area contributed by atoms with Gasteiger partial charge in [-0.3, -0.25) is 14.4 Å². The number of benzene rings is 2. The number of nitrogens with zero attached hydrogens (tertiary/aromatic N) is 3. The zero-order valence-electron chi connectivity index (χ0n) is 26.4. The quantitative estimate of drug-likeness (QED) is 0.479. The lowest BCUT2D eigenvalue weighted by Gasteiger charge is -2.35. The third-order valence-corrected chi connectivity index (χ3v) is 9.60. The van der Waals surface area contributed by atoms with Crippen molar-refractivity contribution in [3.63, 3.8) is 0 Å². The molecule has 3 amide bonds. The first kappa shape index (κ1) is 31.9. The van der Waals surface area contributed by atoms with Crippen LogP contribution in [0.5, 0.6) is 5.75 Å². The molecular weight excluding hydrogens is 561 g/mol. The number of halogens is 1. The maximum atomic E-state index is 14.6. The summed E-state index contributed by atoms with van der Waals surface area (Å²) in [6, 6.07) is 9.92. The van der Waals surface area contributed by atoms with E-state index in [-0.39, 0.29) is 29.4 Å². The Bertz CT molecular complexity index is 1360. The summed E-state index contributed by atoms with van der Waals surface area (Å²) in [7, 11) is 1.58. The third-order valence-electron chi connectivity index (χ3n) is 9.60. The van der Waals surface area contributed by atoms with Gasteiger partial charge in [0.25, 0.3) is 11.8 Å². The molecule has 5 rings (SSSR count). The summed E-state index contributed by atoms with van der Waals surface area (Å²) >= 11 is 0. The number of carbonyl (C=O) groups excluding carboxylic acids is 3. The van der Waals surface area contributed by atoms with Crippen LogP contribution in [-0.4, -0.2) is 86.5 Å². The van der Waals surface area contributed by atoms with Gasteiger partial charge >= 0.3 is 0 Å². The number of hydrogen-bond donors (Lipinski definition) is 2. The Kier molecular flexibility index (Phi) is 9.90. The van der Waals surface area contributed by atoms with Crippen molar-refractivity contribution in [1.82, 2.24) is 9.80 Å². The van der Waals surface area contributed by atoms with E-state index in [0.29, 0.717) is 49.9 Å². The molecule has 3 fully saturated rings. The molecule has 1 aliphatic carbocycles. The van der Waals surface area contributed by atoms with Crippen LogP contribution in [0.1, 0.15) is 84.6 Å². The maximum Gasteiger partial charge on any atom is 0.254 e. The fourth-order valence-electron chi connectivity index (χ4n) is 6.58. The van der Waals surface area contributed by atoms with E-state index >= 15 is 0 Å². The summed E-state index contributed by atoms with van der Waals surface area (Å²) in [6.07, 6.45) is 7.13. The molecule has 1 saturated carbocycles. The van der Waals surface area contributed by atoms with Gasteiger partial charge in [0.2, 0.25) is 5.91 Å².